The van der Waals surface area contributed by atoms with Gasteiger partial charge in [-0.3, -0.25) is 4.79 Å². The van der Waals surface area contributed by atoms with E-state index in [0.29, 0.717) is 0 Å². The number of carbonyl (C=O) groups is 1. The van der Waals surface area contributed by atoms with Gasteiger partial charge in [-0.2, -0.15) is 0 Å². The second-order valence-electron chi connectivity index (χ2n) is 3.27. The van der Waals surface area contributed by atoms with Crippen molar-refractivity contribution in [3.8, 4) is 0 Å². The number of nitrogens with one attached hydrogen (secondary N) is 1. The summed E-state index contributed by atoms with van der Waals surface area (Å²) >= 11 is 11.3. The Morgan fingerprint density at radius 2 is 2.06 bits per heavy atom. The van der Waals surface area contributed by atoms with Crippen molar-refractivity contribution in [2.24, 2.45) is 0 Å². The number of benzene rings is 1. The number of nitrogens with zero attached hydrogens (tertiary/aromatic N) is 2. The van der Waals surface area contributed by atoms with E-state index in [-0.39, 0.29) is 21.7 Å². The van der Waals surface area contributed by atoms with Crippen LogP contribution in [0.1, 0.15) is 10.4 Å². The summed E-state index contributed by atoms with van der Waals surface area (Å²) in [4.78, 5) is 19.3. The van der Waals surface area contributed by atoms with Gasteiger partial charge in [0.1, 0.15) is 11.6 Å². The summed E-state index contributed by atoms with van der Waals surface area (Å²) in [5.74, 6) is -1.03. The number of anilines is 1. The molecule has 0 aliphatic heterocycles. The topological polar surface area (TPSA) is 54.9 Å². The number of amides is 1. The van der Waals surface area contributed by atoms with Crippen LogP contribution in [0.4, 0.5) is 10.2 Å². The molecule has 92 valence electrons. The minimum Gasteiger partial charge on any atom is -0.306 e. The standard InChI is InChI=1S/C11H6Cl2FN3O/c12-9-6(2-1-3-7(9)14)10(18)16-8-4-5-15-11(13)17-8/h1-5H,(H,15,16,17,18). The van der Waals surface area contributed by atoms with Crippen molar-refractivity contribution in [1.82, 2.24) is 9.97 Å². The van der Waals surface area contributed by atoms with Crippen LogP contribution in [0.5, 0.6) is 0 Å². The van der Waals surface area contributed by atoms with Crippen LogP contribution in [0, 0.1) is 5.82 Å². The van der Waals surface area contributed by atoms with E-state index in [2.05, 4.69) is 15.3 Å². The summed E-state index contributed by atoms with van der Waals surface area (Å²) in [7, 11) is 0. The summed E-state index contributed by atoms with van der Waals surface area (Å²) in [5, 5.41) is 2.20. The van der Waals surface area contributed by atoms with Gasteiger partial charge in [-0.15, -0.1) is 0 Å². The number of aromatic nitrogens is 2. The molecule has 1 aromatic heterocycles. The Morgan fingerprint density at radius 1 is 1.28 bits per heavy atom. The van der Waals surface area contributed by atoms with Crippen LogP contribution >= 0.6 is 23.2 Å². The predicted molar refractivity (Wildman–Crippen MR) is 66.4 cm³/mol. The Bertz CT molecular complexity index is 607. The van der Waals surface area contributed by atoms with Gasteiger partial charge < -0.3 is 5.32 Å². The van der Waals surface area contributed by atoms with Gasteiger partial charge in [-0.25, -0.2) is 14.4 Å². The number of carbonyl (C=O) groups excluding carboxylic acids is 1. The second-order valence-corrected chi connectivity index (χ2v) is 3.98. The third kappa shape index (κ3) is 2.75. The molecule has 2 rings (SSSR count). The molecule has 4 nitrogen and oxygen atoms in total. The van der Waals surface area contributed by atoms with E-state index >= 15 is 0 Å². The molecule has 1 heterocycles. The maximum absolute atomic E-state index is 13.2. The highest BCUT2D eigenvalue weighted by Gasteiger charge is 2.14. The van der Waals surface area contributed by atoms with Crippen molar-refractivity contribution in [1.29, 1.82) is 0 Å². The van der Waals surface area contributed by atoms with E-state index in [9.17, 15) is 9.18 Å². The summed E-state index contributed by atoms with van der Waals surface area (Å²) in [6.45, 7) is 0. The molecule has 1 amide bonds. The third-order valence-corrected chi connectivity index (χ3v) is 2.63. The summed E-state index contributed by atoms with van der Waals surface area (Å²) in [5.41, 5.74) is 0.0198. The molecule has 0 spiro atoms. The first-order valence-corrected chi connectivity index (χ1v) is 5.57. The maximum Gasteiger partial charge on any atom is 0.258 e. The largest absolute Gasteiger partial charge is 0.306 e. The molecule has 0 aliphatic rings. The van der Waals surface area contributed by atoms with Crippen molar-refractivity contribution in [2.45, 2.75) is 0 Å². The first kappa shape index (κ1) is 12.7. The Kier molecular flexibility index (Phi) is 3.74. The van der Waals surface area contributed by atoms with Crippen LogP contribution in [-0.4, -0.2) is 15.9 Å². The smallest absolute Gasteiger partial charge is 0.258 e. The molecule has 2 aromatic rings. The average molecular weight is 286 g/mol. The van der Waals surface area contributed by atoms with Crippen LogP contribution < -0.4 is 5.32 Å². The summed E-state index contributed by atoms with van der Waals surface area (Å²) < 4.78 is 13.2. The van der Waals surface area contributed by atoms with E-state index < -0.39 is 11.7 Å². The van der Waals surface area contributed by atoms with Crippen LogP contribution in [0.15, 0.2) is 30.5 Å². The van der Waals surface area contributed by atoms with Crippen LogP contribution in [-0.2, 0) is 0 Å². The molecule has 7 heteroatoms. The highest BCUT2D eigenvalue weighted by Crippen LogP contribution is 2.20. The lowest BCUT2D eigenvalue weighted by Crippen LogP contribution is -2.14. The van der Waals surface area contributed by atoms with Gasteiger partial charge >= 0.3 is 0 Å². The highest BCUT2D eigenvalue weighted by atomic mass is 35.5. The maximum atomic E-state index is 13.2. The van der Waals surface area contributed by atoms with E-state index in [1.165, 1.54) is 30.5 Å². The molecule has 0 atom stereocenters. The average Bonchev–Trinajstić information content (AvgIpc) is 2.32. The van der Waals surface area contributed by atoms with Crippen LogP contribution in [0.2, 0.25) is 10.3 Å². The van der Waals surface area contributed by atoms with Gasteiger partial charge in [0.05, 0.1) is 10.6 Å². The van der Waals surface area contributed by atoms with E-state index in [0.717, 1.165) is 0 Å². The minimum atomic E-state index is -0.662. The first-order chi connectivity index (χ1) is 8.58. The highest BCUT2D eigenvalue weighted by molar-refractivity contribution is 6.34. The molecule has 0 saturated carbocycles. The number of rotatable bonds is 2. The van der Waals surface area contributed by atoms with E-state index in [1.807, 2.05) is 0 Å². The zero-order valence-corrected chi connectivity index (χ0v) is 10.3. The van der Waals surface area contributed by atoms with Gasteiger partial charge in [-0.1, -0.05) is 17.7 Å². The summed E-state index contributed by atoms with van der Waals surface area (Å²) in [6.07, 6.45) is 1.39. The normalized spacial score (nSPS) is 10.2. The molecular weight excluding hydrogens is 280 g/mol. The SMILES string of the molecule is O=C(Nc1ccnc(Cl)n1)c1cccc(F)c1Cl. The van der Waals surface area contributed by atoms with Gasteiger partial charge in [0.25, 0.3) is 5.91 Å². The fraction of sp³-hybridized carbons (Fsp3) is 0. The predicted octanol–water partition coefficient (Wildman–Crippen LogP) is 3.17. The fourth-order valence-corrected chi connectivity index (χ4v) is 1.63. The van der Waals surface area contributed by atoms with Gasteiger partial charge in [0.15, 0.2) is 0 Å². The molecule has 0 radical (unpaired) electrons. The second kappa shape index (κ2) is 5.29. The van der Waals surface area contributed by atoms with Gasteiger partial charge in [-0.05, 0) is 29.8 Å². The molecule has 0 fully saturated rings. The van der Waals surface area contributed by atoms with Crippen LogP contribution in [0.25, 0.3) is 0 Å². The first-order valence-electron chi connectivity index (χ1n) is 4.82. The minimum absolute atomic E-state index is 0.00172. The van der Waals surface area contributed by atoms with Gasteiger partial charge in [0, 0.05) is 6.20 Å². The lowest BCUT2D eigenvalue weighted by atomic mass is 10.2. The van der Waals surface area contributed by atoms with Crippen molar-refractivity contribution < 1.29 is 9.18 Å². The molecule has 0 aliphatic carbocycles. The quantitative estimate of drug-likeness (QED) is 0.863. The molecular formula is C11H6Cl2FN3O. The van der Waals surface area contributed by atoms with E-state index in [4.69, 9.17) is 23.2 Å². The number of halogens is 3. The Labute approximate surface area is 112 Å². The summed E-state index contributed by atoms with van der Waals surface area (Å²) in [6, 6.07) is 5.42. The number of hydrogen-bond acceptors (Lipinski definition) is 3. The Balaban J connectivity index is 2.25. The van der Waals surface area contributed by atoms with E-state index in [1.54, 1.807) is 0 Å². The zero-order valence-electron chi connectivity index (χ0n) is 8.82. The molecule has 0 unspecified atom stereocenters. The van der Waals surface area contributed by atoms with Crippen LogP contribution in [0.3, 0.4) is 0 Å². The van der Waals surface area contributed by atoms with Gasteiger partial charge in [0.2, 0.25) is 5.28 Å². The third-order valence-electron chi connectivity index (χ3n) is 2.06. The molecule has 0 saturated heterocycles. The lowest BCUT2D eigenvalue weighted by Gasteiger charge is -2.06. The van der Waals surface area contributed by atoms with Crippen molar-refractivity contribution in [3.63, 3.8) is 0 Å². The molecule has 1 aromatic carbocycles. The number of hydrogen-bond donors (Lipinski definition) is 1. The Hall–Kier alpha value is -1.72. The van der Waals surface area contributed by atoms with Crippen molar-refractivity contribution >= 4 is 34.9 Å². The monoisotopic (exact) mass is 285 g/mol. The van der Waals surface area contributed by atoms with Crippen molar-refractivity contribution in [2.75, 3.05) is 5.32 Å². The Morgan fingerprint density at radius 3 is 2.78 bits per heavy atom. The lowest BCUT2D eigenvalue weighted by molar-refractivity contribution is 0.102. The zero-order chi connectivity index (χ0) is 13.1. The molecule has 1 N–H and O–H groups in total. The molecule has 18 heavy (non-hydrogen) atoms. The fourth-order valence-electron chi connectivity index (χ4n) is 1.27. The molecule has 0 bridgehead atoms. The van der Waals surface area contributed by atoms with Crippen molar-refractivity contribution in [3.05, 3.63) is 52.1 Å².